The maximum absolute atomic E-state index is 12.4. The van der Waals surface area contributed by atoms with E-state index in [1.807, 2.05) is 4.90 Å². The predicted octanol–water partition coefficient (Wildman–Crippen LogP) is 1.59. The molecule has 0 bridgehead atoms. The first-order valence-corrected chi connectivity index (χ1v) is 9.65. The van der Waals surface area contributed by atoms with E-state index in [0.29, 0.717) is 11.6 Å². The van der Waals surface area contributed by atoms with Crippen molar-refractivity contribution in [1.82, 2.24) is 9.13 Å². The van der Waals surface area contributed by atoms with Gasteiger partial charge in [0, 0.05) is 39.3 Å². The van der Waals surface area contributed by atoms with Crippen LogP contribution in [0, 0.1) is 16.0 Å². The molecule has 1 fully saturated rings. The average molecular weight is 416 g/mol. The van der Waals surface area contributed by atoms with Crippen molar-refractivity contribution in [2.75, 3.05) is 18.0 Å². The summed E-state index contributed by atoms with van der Waals surface area (Å²) in [6.45, 7) is 3.30. The standard InChI is InChI=1S/C20H24N4O6/c1-13-6-8-23(9-7-13)16-5-4-14(10-17(16)24(28)29)19(26)30-12-15-11-18(25)22(3)20(27)21(15)2/h4-5,10-11,13H,6-9,12H2,1-3H3. The van der Waals surface area contributed by atoms with Gasteiger partial charge >= 0.3 is 11.7 Å². The van der Waals surface area contributed by atoms with Gasteiger partial charge in [-0.1, -0.05) is 6.92 Å². The Morgan fingerprint density at radius 2 is 1.83 bits per heavy atom. The topological polar surface area (TPSA) is 117 Å². The molecule has 2 aromatic rings. The number of carbonyl (C=O) groups is 1. The van der Waals surface area contributed by atoms with Crippen molar-refractivity contribution in [3.05, 3.63) is 66.5 Å². The Hall–Kier alpha value is -3.43. The van der Waals surface area contributed by atoms with Crippen LogP contribution in [-0.2, 0) is 25.4 Å². The Balaban J connectivity index is 1.80. The molecule has 0 spiro atoms. The lowest BCUT2D eigenvalue weighted by molar-refractivity contribution is -0.384. The zero-order chi connectivity index (χ0) is 22.0. The summed E-state index contributed by atoms with van der Waals surface area (Å²) in [5, 5.41) is 11.6. The van der Waals surface area contributed by atoms with Crippen molar-refractivity contribution < 1.29 is 14.5 Å². The van der Waals surface area contributed by atoms with E-state index in [1.165, 1.54) is 36.9 Å². The molecule has 0 atom stereocenters. The van der Waals surface area contributed by atoms with E-state index in [9.17, 15) is 24.5 Å². The maximum atomic E-state index is 12.4. The van der Waals surface area contributed by atoms with Crippen LogP contribution in [0.4, 0.5) is 11.4 Å². The SMILES string of the molecule is CC1CCN(c2ccc(C(=O)OCc3cc(=O)n(C)c(=O)n3C)cc2[N+](=O)[O-])CC1. The summed E-state index contributed by atoms with van der Waals surface area (Å²) < 4.78 is 7.34. The number of ether oxygens (including phenoxy) is 1. The number of nitrogens with zero attached hydrogens (tertiary/aromatic N) is 4. The number of piperidine rings is 1. The fourth-order valence-corrected chi connectivity index (χ4v) is 3.45. The molecule has 1 aromatic carbocycles. The van der Waals surface area contributed by atoms with Crippen molar-refractivity contribution >= 4 is 17.3 Å². The lowest BCUT2D eigenvalue weighted by Crippen LogP contribution is -2.38. The van der Waals surface area contributed by atoms with E-state index in [1.54, 1.807) is 6.07 Å². The maximum Gasteiger partial charge on any atom is 0.338 e. The van der Waals surface area contributed by atoms with Crippen LogP contribution in [0.3, 0.4) is 0 Å². The molecule has 30 heavy (non-hydrogen) atoms. The second-order valence-corrected chi connectivity index (χ2v) is 7.58. The summed E-state index contributed by atoms with van der Waals surface area (Å²) >= 11 is 0. The second kappa shape index (κ2) is 8.52. The zero-order valence-electron chi connectivity index (χ0n) is 17.2. The molecule has 2 heterocycles. The minimum Gasteiger partial charge on any atom is -0.456 e. The van der Waals surface area contributed by atoms with Crippen molar-refractivity contribution in [2.45, 2.75) is 26.4 Å². The van der Waals surface area contributed by atoms with Crippen molar-refractivity contribution in [2.24, 2.45) is 20.0 Å². The Morgan fingerprint density at radius 1 is 1.17 bits per heavy atom. The molecule has 0 N–H and O–H groups in total. The number of hydrogen-bond donors (Lipinski definition) is 0. The summed E-state index contributed by atoms with van der Waals surface area (Å²) in [4.78, 5) is 49.2. The quantitative estimate of drug-likeness (QED) is 0.413. The van der Waals surface area contributed by atoms with Gasteiger partial charge in [-0.2, -0.15) is 0 Å². The second-order valence-electron chi connectivity index (χ2n) is 7.58. The first kappa shape index (κ1) is 21.3. The van der Waals surface area contributed by atoms with Gasteiger partial charge in [-0.3, -0.25) is 24.0 Å². The van der Waals surface area contributed by atoms with E-state index in [-0.39, 0.29) is 23.6 Å². The molecule has 0 radical (unpaired) electrons. The highest BCUT2D eigenvalue weighted by molar-refractivity contribution is 5.91. The van der Waals surface area contributed by atoms with Gasteiger partial charge in [-0.05, 0) is 30.9 Å². The van der Waals surface area contributed by atoms with Crippen LogP contribution in [0.2, 0.25) is 0 Å². The number of carbonyl (C=O) groups excluding carboxylic acids is 1. The van der Waals surface area contributed by atoms with Gasteiger partial charge in [0.2, 0.25) is 0 Å². The van der Waals surface area contributed by atoms with E-state index in [2.05, 4.69) is 6.92 Å². The molecule has 0 aliphatic carbocycles. The Kier molecular flexibility index (Phi) is 6.04. The average Bonchev–Trinajstić information content (AvgIpc) is 2.73. The first-order valence-electron chi connectivity index (χ1n) is 9.65. The van der Waals surface area contributed by atoms with Gasteiger partial charge in [0.15, 0.2) is 0 Å². The predicted molar refractivity (Wildman–Crippen MR) is 110 cm³/mol. The third-order valence-electron chi connectivity index (χ3n) is 5.51. The van der Waals surface area contributed by atoms with Gasteiger partial charge in [0.1, 0.15) is 12.3 Å². The summed E-state index contributed by atoms with van der Waals surface area (Å²) in [5.74, 6) is -0.189. The molecule has 0 amide bonds. The molecule has 1 aliphatic heterocycles. The van der Waals surface area contributed by atoms with Gasteiger partial charge in [0.25, 0.3) is 11.2 Å². The molecule has 0 unspecified atom stereocenters. The molecular formula is C20H24N4O6. The molecule has 1 aliphatic rings. The molecule has 3 rings (SSSR count). The highest BCUT2D eigenvalue weighted by Gasteiger charge is 2.25. The van der Waals surface area contributed by atoms with Gasteiger partial charge < -0.3 is 9.64 Å². The van der Waals surface area contributed by atoms with E-state index >= 15 is 0 Å². The van der Waals surface area contributed by atoms with Crippen molar-refractivity contribution in [3.8, 4) is 0 Å². The van der Waals surface area contributed by atoms with Crippen molar-refractivity contribution in [1.29, 1.82) is 0 Å². The van der Waals surface area contributed by atoms with Crippen LogP contribution in [-0.4, -0.2) is 33.1 Å². The van der Waals surface area contributed by atoms with E-state index < -0.39 is 22.1 Å². The fourth-order valence-electron chi connectivity index (χ4n) is 3.45. The number of nitro groups is 1. The monoisotopic (exact) mass is 416 g/mol. The van der Waals surface area contributed by atoms with Gasteiger partial charge in [-0.25, -0.2) is 9.59 Å². The summed E-state index contributed by atoms with van der Waals surface area (Å²) in [6, 6.07) is 5.47. The lowest BCUT2D eigenvalue weighted by Gasteiger charge is -2.31. The molecule has 0 saturated carbocycles. The number of aromatic nitrogens is 2. The number of esters is 1. The summed E-state index contributed by atoms with van der Waals surface area (Å²) in [5.41, 5.74) is -0.462. The van der Waals surface area contributed by atoms with Gasteiger partial charge in [-0.15, -0.1) is 0 Å². The minimum atomic E-state index is -0.773. The number of rotatable bonds is 5. The highest BCUT2D eigenvalue weighted by Crippen LogP contribution is 2.32. The molecule has 1 saturated heterocycles. The van der Waals surface area contributed by atoms with Crippen LogP contribution in [0.1, 0.15) is 35.8 Å². The highest BCUT2D eigenvalue weighted by atomic mass is 16.6. The Bertz CT molecular complexity index is 1100. The Labute approximate surface area is 172 Å². The normalized spacial score (nSPS) is 14.6. The van der Waals surface area contributed by atoms with Crippen molar-refractivity contribution in [3.63, 3.8) is 0 Å². The molecule has 160 valence electrons. The molecule has 10 heteroatoms. The fraction of sp³-hybridized carbons (Fsp3) is 0.450. The summed E-state index contributed by atoms with van der Waals surface area (Å²) in [6.07, 6.45) is 1.91. The minimum absolute atomic E-state index is 0.0321. The lowest BCUT2D eigenvalue weighted by atomic mass is 9.98. The molecular weight excluding hydrogens is 392 g/mol. The van der Waals surface area contributed by atoms with Crippen LogP contribution in [0.5, 0.6) is 0 Å². The number of hydrogen-bond acceptors (Lipinski definition) is 7. The first-order chi connectivity index (χ1) is 14.2. The number of nitro benzene ring substituents is 1. The van der Waals surface area contributed by atoms with Crippen LogP contribution in [0.15, 0.2) is 33.9 Å². The van der Waals surface area contributed by atoms with E-state index in [0.717, 1.165) is 30.5 Å². The van der Waals surface area contributed by atoms with Crippen LogP contribution < -0.4 is 16.1 Å². The van der Waals surface area contributed by atoms with Gasteiger partial charge in [0.05, 0.1) is 16.2 Å². The number of anilines is 1. The Morgan fingerprint density at radius 3 is 2.47 bits per heavy atom. The third-order valence-corrected chi connectivity index (χ3v) is 5.51. The smallest absolute Gasteiger partial charge is 0.338 e. The molecule has 1 aromatic heterocycles. The third kappa shape index (κ3) is 4.27. The van der Waals surface area contributed by atoms with E-state index in [4.69, 9.17) is 4.74 Å². The summed E-state index contributed by atoms with van der Waals surface area (Å²) in [7, 11) is 2.81. The largest absolute Gasteiger partial charge is 0.456 e. The van der Waals surface area contributed by atoms with Crippen LogP contribution >= 0.6 is 0 Å². The molecule has 10 nitrogen and oxygen atoms in total. The van der Waals surface area contributed by atoms with Crippen LogP contribution in [0.25, 0.3) is 0 Å². The number of benzene rings is 1. The zero-order valence-corrected chi connectivity index (χ0v) is 17.2.